The number of carbonyl (C=O) groups is 2. The van der Waals surface area contributed by atoms with Crippen molar-refractivity contribution in [1.82, 2.24) is 0 Å². The number of hydrogen-bond donors (Lipinski definition) is 1. The molecule has 8 nitrogen and oxygen atoms in total. The summed E-state index contributed by atoms with van der Waals surface area (Å²) in [6, 6.07) is 17.1. The van der Waals surface area contributed by atoms with Gasteiger partial charge in [0.05, 0.1) is 41.1 Å². The van der Waals surface area contributed by atoms with E-state index in [-0.39, 0.29) is 17.4 Å². The molecule has 2 aromatic carbocycles. The second-order valence-electron chi connectivity index (χ2n) is 6.89. The normalized spacial score (nSPS) is 14.1. The Balaban J connectivity index is 1.58. The van der Waals surface area contributed by atoms with Gasteiger partial charge in [0.2, 0.25) is 5.91 Å². The number of furan rings is 1. The molecule has 34 heavy (non-hydrogen) atoms. The lowest BCUT2D eigenvalue weighted by atomic mass is 10.2. The first-order valence-electron chi connectivity index (χ1n) is 9.94. The van der Waals surface area contributed by atoms with Gasteiger partial charge in [-0.2, -0.15) is 5.26 Å². The van der Waals surface area contributed by atoms with Crippen molar-refractivity contribution in [2.75, 3.05) is 23.1 Å². The number of amidine groups is 1. The van der Waals surface area contributed by atoms with Gasteiger partial charge in [0, 0.05) is 6.08 Å². The van der Waals surface area contributed by atoms with E-state index >= 15 is 0 Å². The molecule has 2 heterocycles. The number of amides is 2. The van der Waals surface area contributed by atoms with Gasteiger partial charge in [-0.15, -0.1) is 0 Å². The minimum absolute atomic E-state index is 0.0414. The smallest absolute Gasteiger partial charge is 0.283 e. The van der Waals surface area contributed by atoms with Gasteiger partial charge in [0.25, 0.3) is 5.91 Å². The SMILES string of the molecule is COc1ccc(N2C(=O)/C(=C/c3ccco3)N=C2SCC(=O)Nc2ccccc2C#N)cc1Cl. The van der Waals surface area contributed by atoms with E-state index in [1.165, 1.54) is 24.3 Å². The molecule has 10 heteroatoms. The topological polar surface area (TPSA) is 108 Å². The number of nitrogens with zero attached hydrogens (tertiary/aromatic N) is 3. The summed E-state index contributed by atoms with van der Waals surface area (Å²) in [5.41, 5.74) is 1.39. The lowest BCUT2D eigenvalue weighted by Crippen LogP contribution is -2.31. The van der Waals surface area contributed by atoms with Gasteiger partial charge in [-0.3, -0.25) is 14.5 Å². The first-order valence-corrected chi connectivity index (χ1v) is 11.3. The van der Waals surface area contributed by atoms with E-state index in [4.69, 9.17) is 20.8 Å². The summed E-state index contributed by atoms with van der Waals surface area (Å²) in [6.45, 7) is 0. The minimum atomic E-state index is -0.393. The van der Waals surface area contributed by atoms with Crippen LogP contribution >= 0.6 is 23.4 Å². The van der Waals surface area contributed by atoms with Crippen molar-refractivity contribution < 1.29 is 18.7 Å². The van der Waals surface area contributed by atoms with Gasteiger partial charge in [0.15, 0.2) is 5.17 Å². The van der Waals surface area contributed by atoms with Crippen LogP contribution in [0.4, 0.5) is 11.4 Å². The number of nitrogens with one attached hydrogen (secondary N) is 1. The van der Waals surface area contributed by atoms with Crippen LogP contribution in [-0.2, 0) is 9.59 Å². The highest BCUT2D eigenvalue weighted by Gasteiger charge is 2.33. The molecule has 2 amide bonds. The van der Waals surface area contributed by atoms with Gasteiger partial charge in [-0.05, 0) is 42.5 Å². The Hall–Kier alpha value is -4.00. The van der Waals surface area contributed by atoms with Crippen molar-refractivity contribution in [3.05, 3.63) is 82.9 Å². The van der Waals surface area contributed by atoms with E-state index in [1.807, 2.05) is 6.07 Å². The molecule has 3 aromatic rings. The van der Waals surface area contributed by atoms with Crippen LogP contribution in [0.5, 0.6) is 5.75 Å². The van der Waals surface area contributed by atoms with Crippen LogP contribution in [0.1, 0.15) is 11.3 Å². The molecule has 1 aliphatic heterocycles. The molecular formula is C24H17ClN4O4S. The van der Waals surface area contributed by atoms with Crippen LogP contribution in [0, 0.1) is 11.3 Å². The fraction of sp³-hybridized carbons (Fsp3) is 0.0833. The van der Waals surface area contributed by atoms with Crippen LogP contribution in [-0.4, -0.2) is 29.8 Å². The van der Waals surface area contributed by atoms with Gasteiger partial charge in [-0.25, -0.2) is 4.99 Å². The molecule has 0 saturated heterocycles. The number of hydrogen-bond acceptors (Lipinski definition) is 7. The van der Waals surface area contributed by atoms with Crippen molar-refractivity contribution in [3.63, 3.8) is 0 Å². The third-order valence-electron chi connectivity index (χ3n) is 4.70. The fourth-order valence-corrected chi connectivity index (χ4v) is 4.19. The zero-order valence-corrected chi connectivity index (χ0v) is 19.4. The highest BCUT2D eigenvalue weighted by atomic mass is 35.5. The molecule has 170 valence electrons. The maximum atomic E-state index is 13.2. The Labute approximate surface area is 204 Å². The predicted molar refractivity (Wildman–Crippen MR) is 132 cm³/mol. The van der Waals surface area contributed by atoms with E-state index in [0.29, 0.717) is 38.6 Å². The third kappa shape index (κ3) is 4.98. The largest absolute Gasteiger partial charge is 0.495 e. The van der Waals surface area contributed by atoms with Crippen LogP contribution in [0.25, 0.3) is 6.08 Å². The summed E-state index contributed by atoms with van der Waals surface area (Å²) < 4.78 is 10.5. The molecule has 1 aliphatic rings. The fourth-order valence-electron chi connectivity index (χ4n) is 3.13. The van der Waals surface area contributed by atoms with Gasteiger partial charge in [-0.1, -0.05) is 35.5 Å². The number of para-hydroxylation sites is 1. The van der Waals surface area contributed by atoms with Crippen molar-refractivity contribution in [2.45, 2.75) is 0 Å². The standard InChI is InChI=1S/C24H17ClN4O4S/c1-32-21-9-8-16(11-18(21)25)29-23(31)20(12-17-6-4-10-33-17)28-24(29)34-14-22(30)27-19-7-3-2-5-15(19)13-26/h2-12H,14H2,1H3,(H,27,30)/b20-12-. The molecule has 0 spiro atoms. The minimum Gasteiger partial charge on any atom is -0.495 e. The summed E-state index contributed by atoms with van der Waals surface area (Å²) >= 11 is 7.35. The van der Waals surface area contributed by atoms with Crippen LogP contribution in [0.3, 0.4) is 0 Å². The van der Waals surface area contributed by atoms with E-state index in [1.54, 1.807) is 54.6 Å². The number of halogens is 1. The molecule has 0 atom stereocenters. The second kappa shape index (κ2) is 10.3. The lowest BCUT2D eigenvalue weighted by molar-refractivity contribution is -0.114. The molecule has 0 fully saturated rings. The molecule has 0 bridgehead atoms. The summed E-state index contributed by atoms with van der Waals surface area (Å²) in [4.78, 5) is 31.6. The third-order valence-corrected chi connectivity index (χ3v) is 5.93. The van der Waals surface area contributed by atoms with Crippen LogP contribution in [0.2, 0.25) is 5.02 Å². The lowest BCUT2D eigenvalue weighted by Gasteiger charge is -2.18. The zero-order chi connectivity index (χ0) is 24.1. The second-order valence-corrected chi connectivity index (χ2v) is 8.24. The van der Waals surface area contributed by atoms with E-state index in [9.17, 15) is 14.9 Å². The Bertz CT molecular complexity index is 1350. The first-order chi connectivity index (χ1) is 16.5. The molecule has 0 radical (unpaired) electrons. The molecule has 0 unspecified atom stereocenters. The number of ether oxygens (including phenoxy) is 1. The molecule has 1 N–H and O–H groups in total. The van der Waals surface area contributed by atoms with Crippen molar-refractivity contribution in [2.24, 2.45) is 4.99 Å². The van der Waals surface area contributed by atoms with E-state index in [0.717, 1.165) is 11.8 Å². The van der Waals surface area contributed by atoms with Gasteiger partial charge >= 0.3 is 0 Å². The number of carbonyl (C=O) groups excluding carboxylic acids is 2. The molecule has 0 aliphatic carbocycles. The Morgan fingerprint density at radius 2 is 2.12 bits per heavy atom. The number of aliphatic imine (C=N–C) groups is 1. The predicted octanol–water partition coefficient (Wildman–Crippen LogP) is 4.93. The highest BCUT2D eigenvalue weighted by Crippen LogP contribution is 2.34. The summed E-state index contributed by atoms with van der Waals surface area (Å²) in [6.07, 6.45) is 3.02. The van der Waals surface area contributed by atoms with Gasteiger partial charge < -0.3 is 14.5 Å². The van der Waals surface area contributed by atoms with Crippen molar-refractivity contribution in [1.29, 1.82) is 5.26 Å². The van der Waals surface area contributed by atoms with E-state index in [2.05, 4.69) is 10.3 Å². The number of thioether (sulfide) groups is 1. The number of methoxy groups -OCH3 is 1. The van der Waals surface area contributed by atoms with Crippen LogP contribution < -0.4 is 15.0 Å². The highest BCUT2D eigenvalue weighted by molar-refractivity contribution is 8.14. The van der Waals surface area contributed by atoms with Crippen molar-refractivity contribution >= 4 is 57.8 Å². The molecule has 1 aromatic heterocycles. The molecule has 4 rings (SSSR count). The average molecular weight is 493 g/mol. The summed E-state index contributed by atoms with van der Waals surface area (Å²) in [5, 5.41) is 12.6. The van der Waals surface area contributed by atoms with Gasteiger partial charge in [0.1, 0.15) is 23.3 Å². The Kier molecular flexibility index (Phi) is 7.01. The number of anilines is 2. The molecular weight excluding hydrogens is 476 g/mol. The van der Waals surface area contributed by atoms with E-state index < -0.39 is 5.91 Å². The molecule has 0 saturated carbocycles. The number of rotatable bonds is 6. The first kappa shape index (κ1) is 23.2. The number of nitriles is 1. The summed E-state index contributed by atoms with van der Waals surface area (Å²) in [5.74, 6) is 0.150. The maximum absolute atomic E-state index is 13.2. The maximum Gasteiger partial charge on any atom is 0.283 e. The Morgan fingerprint density at radius 3 is 2.82 bits per heavy atom. The van der Waals surface area contributed by atoms with Crippen LogP contribution in [0.15, 0.2) is 76.0 Å². The summed E-state index contributed by atoms with van der Waals surface area (Å²) in [7, 11) is 1.50. The van der Waals surface area contributed by atoms with Crippen molar-refractivity contribution in [3.8, 4) is 11.8 Å². The average Bonchev–Trinajstić information content (AvgIpc) is 3.46. The quantitative estimate of drug-likeness (QED) is 0.489. The zero-order valence-electron chi connectivity index (χ0n) is 17.8. The Morgan fingerprint density at radius 1 is 1.29 bits per heavy atom. The monoisotopic (exact) mass is 492 g/mol. The number of benzene rings is 2.